The topological polar surface area (TPSA) is 126 Å². The number of rotatable bonds is 13. The van der Waals surface area contributed by atoms with Gasteiger partial charge in [0.1, 0.15) is 11.5 Å². The molecule has 0 unspecified atom stereocenters. The number of sulfonamides is 1. The minimum atomic E-state index is -4.19. The number of nitrogens with zero attached hydrogens (tertiary/aromatic N) is 3. The average molecular weight is 658 g/mol. The summed E-state index contributed by atoms with van der Waals surface area (Å²) < 4.78 is 36.1. The number of anilines is 2. The van der Waals surface area contributed by atoms with Gasteiger partial charge in [0.05, 0.1) is 16.2 Å². The number of ether oxygens (including phenoxy) is 1. The van der Waals surface area contributed by atoms with Crippen molar-refractivity contribution in [1.82, 2.24) is 0 Å². The lowest BCUT2D eigenvalue weighted by Gasteiger charge is -2.42. The molecule has 0 spiro atoms. The van der Waals surface area contributed by atoms with Gasteiger partial charge in [-0.15, -0.1) is 21.1 Å². The van der Waals surface area contributed by atoms with E-state index in [2.05, 4.69) is 51.0 Å². The maximum absolute atomic E-state index is 13.1. The Morgan fingerprint density at radius 3 is 2.35 bits per heavy atom. The molecule has 0 aromatic heterocycles. The van der Waals surface area contributed by atoms with Crippen LogP contribution in [0.5, 0.6) is 0 Å². The van der Waals surface area contributed by atoms with Crippen molar-refractivity contribution in [1.29, 1.82) is 0 Å². The Hall–Kier alpha value is -4.19. The van der Waals surface area contributed by atoms with E-state index in [1.54, 1.807) is 31.0 Å². The van der Waals surface area contributed by atoms with Crippen LogP contribution in [0.1, 0.15) is 29.5 Å². The molecule has 0 bridgehead atoms. The van der Waals surface area contributed by atoms with Crippen LogP contribution in [0, 0.1) is 11.8 Å². The van der Waals surface area contributed by atoms with Gasteiger partial charge in [0.2, 0.25) is 0 Å². The number of methoxy groups -OCH3 is 1. The van der Waals surface area contributed by atoms with Gasteiger partial charge in [-0.1, -0.05) is 42.5 Å². The Labute approximate surface area is 275 Å². The van der Waals surface area contributed by atoms with E-state index in [1.165, 1.54) is 29.3 Å². The second-order valence-corrected chi connectivity index (χ2v) is 14.1. The van der Waals surface area contributed by atoms with Gasteiger partial charge in [0, 0.05) is 55.1 Å². The van der Waals surface area contributed by atoms with Crippen molar-refractivity contribution in [2.45, 2.75) is 41.6 Å². The van der Waals surface area contributed by atoms with Gasteiger partial charge in [0.25, 0.3) is 10.0 Å². The number of hydrogen-bond donors (Lipinski definition) is 2. The highest BCUT2D eigenvalue weighted by molar-refractivity contribution is 7.99. The molecule has 1 saturated heterocycles. The van der Waals surface area contributed by atoms with Crippen molar-refractivity contribution in [2.24, 2.45) is 15.3 Å². The second kappa shape index (κ2) is 14.9. The van der Waals surface area contributed by atoms with E-state index in [4.69, 9.17) is 10.5 Å². The Morgan fingerprint density at radius 1 is 0.978 bits per heavy atom. The van der Waals surface area contributed by atoms with Crippen molar-refractivity contribution in [3.8, 4) is 0 Å². The zero-order valence-electron chi connectivity index (χ0n) is 26.1. The van der Waals surface area contributed by atoms with Crippen molar-refractivity contribution in [3.05, 3.63) is 119 Å². The third-order valence-electron chi connectivity index (χ3n) is 8.42. The van der Waals surface area contributed by atoms with Crippen LogP contribution in [0.15, 0.2) is 116 Å². The summed E-state index contributed by atoms with van der Waals surface area (Å²) in [5, 5.41) is 6.19. The molecule has 0 radical (unpaired) electrons. The largest absolute Gasteiger partial charge is 0.383 e. The molecule has 0 amide bonds. The number of nitrogens with two attached hydrogens (primary N) is 1. The van der Waals surface area contributed by atoms with Crippen molar-refractivity contribution in [2.75, 3.05) is 42.7 Å². The molecule has 1 fully saturated rings. The smallest absolute Gasteiger partial charge is 0.284 e. The fraction of sp³-hybridized carbons (Fsp3) is 0.286. The molecule has 1 aliphatic rings. The molecular formula is C35H39N5O4S2. The van der Waals surface area contributed by atoms with Crippen LogP contribution in [0.3, 0.4) is 0 Å². The van der Waals surface area contributed by atoms with E-state index in [0.29, 0.717) is 17.8 Å². The third-order valence-corrected chi connectivity index (χ3v) is 10.7. The minimum absolute atomic E-state index is 0.0122. The summed E-state index contributed by atoms with van der Waals surface area (Å²) in [6, 6.07) is 29.9. The maximum Gasteiger partial charge on any atom is 0.284 e. The molecule has 5 rings (SSSR count). The zero-order chi connectivity index (χ0) is 32.6. The van der Waals surface area contributed by atoms with Gasteiger partial charge < -0.3 is 20.7 Å². The maximum atomic E-state index is 13.1. The monoisotopic (exact) mass is 657 g/mol. The van der Waals surface area contributed by atoms with Crippen LogP contribution in [0.25, 0.3) is 0 Å². The highest BCUT2D eigenvalue weighted by Crippen LogP contribution is 2.33. The van der Waals surface area contributed by atoms with Crippen LogP contribution >= 0.6 is 11.8 Å². The van der Waals surface area contributed by atoms with Gasteiger partial charge in [-0.25, -0.2) is 0 Å². The molecule has 4 aromatic rings. The molecule has 4 aromatic carbocycles. The first-order chi connectivity index (χ1) is 22.2. The van der Waals surface area contributed by atoms with E-state index < -0.39 is 10.0 Å². The Kier molecular flexibility index (Phi) is 10.8. The van der Waals surface area contributed by atoms with Crippen LogP contribution in [-0.2, 0) is 21.2 Å². The number of nitrogens with one attached hydrogen (secondary N) is 1. The standard InChI is InChI=1S/C35H39N5O4S2/c1-26-8-6-7-9-28(26)25-35(44-2)18-21-40(22-19-35)29-14-12-27(13-15-29)34(36)39-46(42,43)31-16-17-32(33(24-31)38-41)37-20-23-45-30-10-4-3-5-11-30/h3-17,24,37H,18-23,25H2,1-2H3,(H2,36,39). The summed E-state index contributed by atoms with van der Waals surface area (Å²) in [5.74, 6) is 0.615. The normalized spacial score (nSPS) is 15.0. The van der Waals surface area contributed by atoms with Crippen LogP contribution < -0.4 is 16.0 Å². The highest BCUT2D eigenvalue weighted by atomic mass is 32.2. The van der Waals surface area contributed by atoms with Crippen LogP contribution in [0.4, 0.5) is 17.1 Å². The SMILES string of the molecule is COC1(Cc2ccccc2C)CCN(c2ccc(/C(N)=N\S(=O)(=O)c3ccc(NCCSc4ccccc4)c(N=O)c3)cc2)CC1. The molecule has 0 saturated carbocycles. The second-order valence-electron chi connectivity index (χ2n) is 11.3. The van der Waals surface area contributed by atoms with Crippen molar-refractivity contribution >= 4 is 44.7 Å². The first kappa shape index (κ1) is 33.2. The van der Waals surface area contributed by atoms with E-state index in [1.807, 2.05) is 42.5 Å². The summed E-state index contributed by atoms with van der Waals surface area (Å²) >= 11 is 1.67. The van der Waals surface area contributed by atoms with Gasteiger partial charge in [-0.2, -0.15) is 8.42 Å². The van der Waals surface area contributed by atoms with Gasteiger partial charge in [-0.3, -0.25) is 0 Å². The zero-order valence-corrected chi connectivity index (χ0v) is 27.7. The van der Waals surface area contributed by atoms with Crippen molar-refractivity contribution in [3.63, 3.8) is 0 Å². The van der Waals surface area contributed by atoms with Gasteiger partial charge in [0.15, 0.2) is 0 Å². The number of thioether (sulfide) groups is 1. The molecule has 0 atom stereocenters. The molecule has 9 nitrogen and oxygen atoms in total. The molecule has 240 valence electrons. The van der Waals surface area contributed by atoms with Gasteiger partial charge in [-0.05, 0) is 90.7 Å². The predicted molar refractivity (Wildman–Crippen MR) is 188 cm³/mol. The summed E-state index contributed by atoms with van der Waals surface area (Å²) in [6.07, 6.45) is 2.65. The average Bonchev–Trinajstić information content (AvgIpc) is 3.08. The third kappa shape index (κ3) is 8.14. The minimum Gasteiger partial charge on any atom is -0.383 e. The summed E-state index contributed by atoms with van der Waals surface area (Å²) in [5.41, 5.74) is 10.5. The fourth-order valence-electron chi connectivity index (χ4n) is 5.63. The molecule has 0 aliphatic carbocycles. The van der Waals surface area contributed by atoms with E-state index in [9.17, 15) is 13.3 Å². The summed E-state index contributed by atoms with van der Waals surface area (Å²) in [7, 11) is -2.39. The van der Waals surface area contributed by atoms with E-state index in [-0.39, 0.29) is 22.0 Å². The summed E-state index contributed by atoms with van der Waals surface area (Å²) in [4.78, 5) is 14.8. The number of hydrogen-bond acceptors (Lipinski definition) is 8. The Bertz CT molecular complexity index is 1770. The number of aryl methyl sites for hydroxylation is 1. The highest BCUT2D eigenvalue weighted by Gasteiger charge is 2.35. The number of amidine groups is 1. The Morgan fingerprint density at radius 2 is 1.67 bits per heavy atom. The van der Waals surface area contributed by atoms with Crippen LogP contribution in [0.2, 0.25) is 0 Å². The predicted octanol–water partition coefficient (Wildman–Crippen LogP) is 6.92. The molecule has 1 heterocycles. The quantitative estimate of drug-likeness (QED) is 0.0522. The van der Waals surface area contributed by atoms with E-state index >= 15 is 0 Å². The molecule has 3 N–H and O–H groups in total. The fourth-order valence-corrected chi connectivity index (χ4v) is 7.39. The number of piperidine rings is 1. The first-order valence-corrected chi connectivity index (χ1v) is 17.6. The molecular weight excluding hydrogens is 619 g/mol. The Balaban J connectivity index is 1.20. The lowest BCUT2D eigenvalue weighted by atomic mass is 9.83. The molecule has 46 heavy (non-hydrogen) atoms. The van der Waals surface area contributed by atoms with Gasteiger partial charge >= 0.3 is 0 Å². The summed E-state index contributed by atoms with van der Waals surface area (Å²) in [6.45, 7) is 4.37. The molecule has 1 aliphatic heterocycles. The lowest BCUT2D eigenvalue weighted by molar-refractivity contribution is -0.0290. The molecule has 11 heteroatoms. The number of nitroso groups, excluding NO2 is 1. The van der Waals surface area contributed by atoms with Crippen LogP contribution in [-0.4, -0.2) is 52.4 Å². The lowest BCUT2D eigenvalue weighted by Crippen LogP contribution is -2.47. The number of benzene rings is 4. The van der Waals surface area contributed by atoms with E-state index in [0.717, 1.165) is 48.7 Å². The van der Waals surface area contributed by atoms with Crippen molar-refractivity contribution < 1.29 is 13.2 Å². The first-order valence-electron chi connectivity index (χ1n) is 15.2.